The minimum Gasteiger partial charge on any atom is -0.374 e. The smallest absolute Gasteiger partial charge is 0.374 e. The van der Waals surface area contributed by atoms with E-state index in [2.05, 4.69) is 0 Å². The van der Waals surface area contributed by atoms with Crippen LogP contribution in [0.15, 0.2) is 0 Å². The lowest BCUT2D eigenvalue weighted by molar-refractivity contribution is -0.157. The molecule has 2 fully saturated rings. The Balaban J connectivity index is 1.97. The molecule has 0 aliphatic carbocycles. The van der Waals surface area contributed by atoms with Crippen LogP contribution in [0, 0.1) is 11.3 Å². The Labute approximate surface area is 133 Å². The van der Waals surface area contributed by atoms with Gasteiger partial charge in [-0.25, -0.2) is 0 Å². The minimum atomic E-state index is -4.44. The summed E-state index contributed by atoms with van der Waals surface area (Å²) in [7, 11) is 0. The fourth-order valence-corrected chi connectivity index (χ4v) is 2.94. The van der Waals surface area contributed by atoms with E-state index in [0.717, 1.165) is 4.90 Å². The summed E-state index contributed by atoms with van der Waals surface area (Å²) in [5, 5.41) is 0. The lowest BCUT2D eigenvalue weighted by Crippen LogP contribution is -2.51. The van der Waals surface area contributed by atoms with E-state index < -0.39 is 24.5 Å². The summed E-state index contributed by atoms with van der Waals surface area (Å²) in [5.41, 5.74) is -0.132. The Morgan fingerprint density at radius 3 is 2.48 bits per heavy atom. The summed E-state index contributed by atoms with van der Waals surface area (Å²) in [4.78, 5) is 26.6. The van der Waals surface area contributed by atoms with Crippen molar-refractivity contribution in [2.24, 2.45) is 11.3 Å². The highest BCUT2D eigenvalue weighted by atomic mass is 19.4. The van der Waals surface area contributed by atoms with Gasteiger partial charge in [-0.3, -0.25) is 9.59 Å². The summed E-state index contributed by atoms with van der Waals surface area (Å²) in [5.74, 6) is -1.55. The van der Waals surface area contributed by atoms with Crippen LogP contribution in [-0.4, -0.2) is 66.7 Å². The Hall–Kier alpha value is -1.31. The highest BCUT2D eigenvalue weighted by molar-refractivity contribution is 5.89. The average molecular weight is 336 g/mol. The van der Waals surface area contributed by atoms with Crippen molar-refractivity contribution < 1.29 is 27.5 Å². The lowest BCUT2D eigenvalue weighted by atomic mass is 9.88. The van der Waals surface area contributed by atoms with E-state index in [9.17, 15) is 22.8 Å². The number of hydrogen-bond acceptors (Lipinski definition) is 3. The molecule has 2 saturated heterocycles. The number of amides is 2. The molecule has 0 aromatic heterocycles. The van der Waals surface area contributed by atoms with Gasteiger partial charge in [0.2, 0.25) is 11.8 Å². The molecule has 0 bridgehead atoms. The summed E-state index contributed by atoms with van der Waals surface area (Å²) in [6.45, 7) is 5.81. The molecule has 0 N–H and O–H groups in total. The van der Waals surface area contributed by atoms with Crippen LogP contribution in [0.4, 0.5) is 13.2 Å². The largest absolute Gasteiger partial charge is 0.406 e. The third kappa shape index (κ3) is 4.59. The zero-order chi connectivity index (χ0) is 17.4. The number of halogens is 3. The molecule has 2 amide bonds. The molecule has 0 aromatic rings. The van der Waals surface area contributed by atoms with Crippen LogP contribution in [0.3, 0.4) is 0 Å². The van der Waals surface area contributed by atoms with Gasteiger partial charge in [0.15, 0.2) is 0 Å². The molecule has 2 aliphatic rings. The number of morpholine rings is 1. The number of hydrogen-bond donors (Lipinski definition) is 0. The molecule has 2 unspecified atom stereocenters. The van der Waals surface area contributed by atoms with Crippen LogP contribution in [0.5, 0.6) is 0 Å². The fourth-order valence-electron chi connectivity index (χ4n) is 2.94. The zero-order valence-electron chi connectivity index (χ0n) is 13.7. The number of likely N-dealkylation sites (tertiary alicyclic amines) is 1. The van der Waals surface area contributed by atoms with Gasteiger partial charge in [-0.05, 0) is 5.41 Å². The predicted molar refractivity (Wildman–Crippen MR) is 76.5 cm³/mol. The van der Waals surface area contributed by atoms with Gasteiger partial charge in [0.25, 0.3) is 0 Å². The van der Waals surface area contributed by atoms with Gasteiger partial charge in [0.05, 0.1) is 18.6 Å². The molecule has 0 saturated carbocycles. The van der Waals surface area contributed by atoms with E-state index in [0.29, 0.717) is 19.7 Å². The van der Waals surface area contributed by atoms with E-state index in [-0.39, 0.29) is 30.4 Å². The van der Waals surface area contributed by atoms with Crippen LogP contribution in [0.2, 0.25) is 0 Å². The molecular weight excluding hydrogens is 313 g/mol. The van der Waals surface area contributed by atoms with Gasteiger partial charge in [-0.15, -0.1) is 0 Å². The van der Waals surface area contributed by atoms with Gasteiger partial charge in [0, 0.05) is 26.1 Å². The molecule has 132 valence electrons. The zero-order valence-corrected chi connectivity index (χ0v) is 13.7. The molecule has 2 rings (SSSR count). The number of alkyl halides is 3. The van der Waals surface area contributed by atoms with Gasteiger partial charge in [0.1, 0.15) is 6.54 Å². The van der Waals surface area contributed by atoms with Crippen molar-refractivity contribution in [3.05, 3.63) is 0 Å². The fraction of sp³-hybridized carbons (Fsp3) is 0.867. The molecule has 2 atom stereocenters. The number of nitrogens with zero attached hydrogens (tertiary/aromatic N) is 2. The number of carbonyl (C=O) groups excluding carboxylic acids is 2. The van der Waals surface area contributed by atoms with Gasteiger partial charge < -0.3 is 14.5 Å². The third-order valence-corrected chi connectivity index (χ3v) is 4.28. The summed E-state index contributed by atoms with van der Waals surface area (Å²) in [6.07, 6.45) is -4.71. The van der Waals surface area contributed by atoms with E-state index >= 15 is 0 Å². The van der Waals surface area contributed by atoms with Crippen molar-refractivity contribution in [1.82, 2.24) is 9.80 Å². The number of carbonyl (C=O) groups is 2. The highest BCUT2D eigenvalue weighted by Crippen LogP contribution is 2.28. The van der Waals surface area contributed by atoms with Gasteiger partial charge in [-0.1, -0.05) is 20.8 Å². The van der Waals surface area contributed by atoms with Crippen LogP contribution in [0.25, 0.3) is 0 Å². The van der Waals surface area contributed by atoms with Crippen LogP contribution in [0.1, 0.15) is 27.2 Å². The molecular formula is C15H23F3N2O3. The number of rotatable bonds is 2. The maximum atomic E-state index is 12.5. The molecule has 5 nitrogen and oxygen atoms in total. The molecule has 0 spiro atoms. The minimum absolute atomic E-state index is 0.122. The number of ether oxygens (including phenoxy) is 1. The molecule has 2 aliphatic heterocycles. The normalized spacial score (nSPS) is 26.8. The summed E-state index contributed by atoms with van der Waals surface area (Å²) < 4.78 is 43.0. The van der Waals surface area contributed by atoms with Crippen molar-refractivity contribution in [3.8, 4) is 0 Å². The Morgan fingerprint density at radius 2 is 1.91 bits per heavy atom. The lowest BCUT2D eigenvalue weighted by Gasteiger charge is -2.40. The second kappa shape index (κ2) is 6.30. The van der Waals surface area contributed by atoms with E-state index in [1.54, 1.807) is 4.90 Å². The van der Waals surface area contributed by atoms with E-state index in [1.165, 1.54) is 0 Å². The first-order valence-corrected chi connectivity index (χ1v) is 7.72. The van der Waals surface area contributed by atoms with E-state index in [4.69, 9.17) is 4.74 Å². The van der Waals surface area contributed by atoms with Crippen molar-refractivity contribution in [1.29, 1.82) is 0 Å². The maximum absolute atomic E-state index is 12.5. The van der Waals surface area contributed by atoms with Crippen LogP contribution >= 0.6 is 0 Å². The van der Waals surface area contributed by atoms with Crippen molar-refractivity contribution in [2.75, 3.05) is 32.8 Å². The van der Waals surface area contributed by atoms with E-state index in [1.807, 2.05) is 20.8 Å². The summed E-state index contributed by atoms with van der Waals surface area (Å²) >= 11 is 0. The second-order valence-corrected chi connectivity index (χ2v) is 7.30. The maximum Gasteiger partial charge on any atom is 0.406 e. The van der Waals surface area contributed by atoms with Crippen LogP contribution in [-0.2, 0) is 14.3 Å². The quantitative estimate of drug-likeness (QED) is 0.771. The topological polar surface area (TPSA) is 49.9 Å². The monoisotopic (exact) mass is 336 g/mol. The highest BCUT2D eigenvalue weighted by Gasteiger charge is 2.43. The average Bonchev–Trinajstić information content (AvgIpc) is 2.76. The Bertz CT molecular complexity index is 474. The van der Waals surface area contributed by atoms with Gasteiger partial charge in [-0.2, -0.15) is 13.2 Å². The molecule has 2 heterocycles. The first kappa shape index (κ1) is 18.0. The van der Waals surface area contributed by atoms with Crippen LogP contribution < -0.4 is 0 Å². The van der Waals surface area contributed by atoms with Gasteiger partial charge >= 0.3 is 6.18 Å². The third-order valence-electron chi connectivity index (χ3n) is 4.28. The molecule has 23 heavy (non-hydrogen) atoms. The standard InChI is InChI=1S/C15H23F3N2O3/c1-14(2,3)11-8-19(4-5-23-11)13(22)10-6-12(21)20(7-10)9-15(16,17)18/h10-11H,4-9H2,1-3H3. The Kier molecular flexibility index (Phi) is 4.94. The summed E-state index contributed by atoms with van der Waals surface area (Å²) in [6, 6.07) is 0. The molecule has 8 heteroatoms. The molecule has 0 radical (unpaired) electrons. The van der Waals surface area contributed by atoms with Crippen molar-refractivity contribution in [2.45, 2.75) is 39.5 Å². The van der Waals surface area contributed by atoms with Crippen molar-refractivity contribution in [3.63, 3.8) is 0 Å². The predicted octanol–water partition coefficient (Wildman–Crippen LogP) is 1.67. The Morgan fingerprint density at radius 1 is 1.26 bits per heavy atom. The molecule has 0 aromatic carbocycles. The first-order valence-electron chi connectivity index (χ1n) is 7.72. The SMILES string of the molecule is CC(C)(C)C1CN(C(=O)C2CC(=O)N(CC(F)(F)F)C2)CCO1. The second-order valence-electron chi connectivity index (χ2n) is 7.30. The van der Waals surface area contributed by atoms with Crippen molar-refractivity contribution >= 4 is 11.8 Å². The first-order chi connectivity index (χ1) is 10.5.